The molecule has 0 aliphatic carbocycles. The van der Waals surface area contributed by atoms with Crippen molar-refractivity contribution in [3.8, 4) is 0 Å². The van der Waals surface area contributed by atoms with Crippen LogP contribution < -0.4 is 5.32 Å². The average Bonchev–Trinajstić information content (AvgIpc) is 2.28. The summed E-state index contributed by atoms with van der Waals surface area (Å²) >= 11 is 0. The zero-order valence-electron chi connectivity index (χ0n) is 8.90. The molecule has 0 bridgehead atoms. The van der Waals surface area contributed by atoms with Crippen LogP contribution in [0.1, 0.15) is 5.56 Å². The molecular weight excluding hydrogens is 376 g/mol. The number of benzene rings is 1. The zero-order chi connectivity index (χ0) is 11.3. The molecule has 5 heteroatoms. The van der Waals surface area contributed by atoms with Crippen LogP contribution in [-0.2, 0) is 37.1 Å². The summed E-state index contributed by atoms with van der Waals surface area (Å²) in [5.74, 6) is -1.40. The molecule has 16 heavy (non-hydrogen) atoms. The van der Waals surface area contributed by atoms with Crippen molar-refractivity contribution in [3.05, 3.63) is 41.6 Å². The Morgan fingerprint density at radius 1 is 1.31 bits per heavy atom. The number of likely N-dealkylation sites (N-methyl/N-ethyl adjacent to an activating group) is 1. The van der Waals surface area contributed by atoms with Gasteiger partial charge in [0.15, 0.2) is 0 Å². The van der Waals surface area contributed by atoms with Crippen molar-refractivity contribution in [2.75, 3.05) is 7.05 Å². The second-order valence-electron chi connectivity index (χ2n) is 3.19. The summed E-state index contributed by atoms with van der Waals surface area (Å²) in [5, 5.41) is 2.22. The van der Waals surface area contributed by atoms with E-state index in [9.17, 15) is 9.59 Å². The first-order valence-electron chi connectivity index (χ1n) is 4.66. The van der Waals surface area contributed by atoms with Gasteiger partial charge in [0.05, 0.1) is 0 Å². The van der Waals surface area contributed by atoms with Crippen molar-refractivity contribution in [1.82, 2.24) is 5.32 Å². The molecule has 0 aromatic heterocycles. The van der Waals surface area contributed by atoms with E-state index in [0.717, 1.165) is 5.56 Å². The smallest absolute Gasteiger partial charge is 0.668 e. The molecule has 0 spiro atoms. The van der Waals surface area contributed by atoms with Crippen LogP contribution in [0.3, 0.4) is 0 Å². The molecule has 1 unspecified atom stereocenters. The summed E-state index contributed by atoms with van der Waals surface area (Å²) in [6, 6.07) is 8.19. The molecule has 1 atom stereocenters. The van der Waals surface area contributed by atoms with E-state index in [1.54, 1.807) is 0 Å². The zero-order valence-corrected chi connectivity index (χ0v) is 11.8. The van der Waals surface area contributed by atoms with Gasteiger partial charge in [0.25, 0.3) is 5.91 Å². The molecule has 2 N–H and O–H groups in total. The topological polar surface area (TPSA) is 70.0 Å². The van der Waals surface area contributed by atoms with Gasteiger partial charge in [-0.25, -0.2) is 0 Å². The molecule has 1 aromatic carbocycles. The first-order chi connectivity index (χ1) is 7.15. The molecule has 1 rings (SSSR count). The SMILES string of the molecule is CNC(=O)C(=O)C([NH-])Cc1ccccc1.[W+2]. The van der Waals surface area contributed by atoms with E-state index in [2.05, 4.69) is 5.32 Å². The van der Waals surface area contributed by atoms with E-state index < -0.39 is 17.7 Å². The molecule has 1 amide bonds. The molecule has 4 nitrogen and oxygen atoms in total. The number of Topliss-reactive ketones (excluding diaryl/α,β-unsaturated/α-hetero) is 1. The maximum atomic E-state index is 11.3. The fraction of sp³-hybridized carbons (Fsp3) is 0.273. The molecule has 0 radical (unpaired) electrons. The summed E-state index contributed by atoms with van der Waals surface area (Å²) in [6.45, 7) is 0. The van der Waals surface area contributed by atoms with Gasteiger partial charge in [0.1, 0.15) is 0 Å². The fourth-order valence-corrected chi connectivity index (χ4v) is 1.22. The summed E-state index contributed by atoms with van der Waals surface area (Å²) in [5.41, 5.74) is 8.42. The second kappa shape index (κ2) is 7.31. The predicted octanol–water partition coefficient (Wildman–Crippen LogP) is 0.962. The molecule has 0 fully saturated rings. The Hall–Kier alpha value is -0.992. The van der Waals surface area contributed by atoms with Crippen molar-refractivity contribution in [2.45, 2.75) is 12.5 Å². The number of hydrogen-bond donors (Lipinski definition) is 1. The van der Waals surface area contributed by atoms with Gasteiger partial charge in [-0.3, -0.25) is 9.59 Å². The summed E-state index contributed by atoms with van der Waals surface area (Å²) in [7, 11) is 1.38. The number of amides is 1. The van der Waals surface area contributed by atoms with Gasteiger partial charge in [0, 0.05) is 7.05 Å². The molecule has 0 aliphatic heterocycles. The van der Waals surface area contributed by atoms with E-state index in [-0.39, 0.29) is 27.5 Å². The van der Waals surface area contributed by atoms with Crippen molar-refractivity contribution in [2.24, 2.45) is 0 Å². The third kappa shape index (κ3) is 4.25. The van der Waals surface area contributed by atoms with Gasteiger partial charge < -0.3 is 11.1 Å². The van der Waals surface area contributed by atoms with E-state index in [1.807, 2.05) is 30.3 Å². The largest absolute Gasteiger partial charge is 2.00 e. The van der Waals surface area contributed by atoms with E-state index in [0.29, 0.717) is 0 Å². The maximum absolute atomic E-state index is 11.3. The molecular formula is C11H13N2O2W+. The summed E-state index contributed by atoms with van der Waals surface area (Å²) in [4.78, 5) is 22.2. The Bertz CT molecular complexity index is 354. The molecule has 0 heterocycles. The Kier molecular flexibility index (Phi) is 6.86. The quantitative estimate of drug-likeness (QED) is 0.780. The number of rotatable bonds is 4. The first kappa shape index (κ1) is 15.0. The molecule has 84 valence electrons. The molecule has 0 aliphatic rings. The summed E-state index contributed by atoms with van der Waals surface area (Å²) < 4.78 is 0. The maximum Gasteiger partial charge on any atom is 2.00 e. The van der Waals surface area contributed by atoms with Gasteiger partial charge in [-0.15, -0.1) is 0 Å². The molecule has 1 aromatic rings. The van der Waals surface area contributed by atoms with Gasteiger partial charge in [-0.05, 0) is 12.0 Å². The minimum Gasteiger partial charge on any atom is -0.668 e. The van der Waals surface area contributed by atoms with Crippen LogP contribution in [0, 0.1) is 0 Å². The molecule has 0 saturated heterocycles. The van der Waals surface area contributed by atoms with Crippen LogP contribution in [-0.4, -0.2) is 24.8 Å². The van der Waals surface area contributed by atoms with E-state index in [1.165, 1.54) is 7.05 Å². The van der Waals surface area contributed by atoms with Gasteiger partial charge in [-0.1, -0.05) is 36.4 Å². The normalized spacial score (nSPS) is 11.1. The number of hydrogen-bond acceptors (Lipinski definition) is 2. The van der Waals surface area contributed by atoms with Gasteiger partial charge in [-0.2, -0.15) is 0 Å². The number of nitrogens with one attached hydrogen (secondary N) is 2. The monoisotopic (exact) mass is 389 g/mol. The Balaban J connectivity index is 0.00000225. The van der Waals surface area contributed by atoms with E-state index in [4.69, 9.17) is 5.73 Å². The van der Waals surface area contributed by atoms with Crippen molar-refractivity contribution < 1.29 is 30.7 Å². The van der Waals surface area contributed by atoms with Crippen molar-refractivity contribution >= 4 is 11.7 Å². The number of carbonyl (C=O) groups excluding carboxylic acids is 2. The van der Waals surface area contributed by atoms with Crippen LogP contribution in [0.4, 0.5) is 0 Å². The third-order valence-corrected chi connectivity index (χ3v) is 2.05. The summed E-state index contributed by atoms with van der Waals surface area (Å²) in [6.07, 6.45) is 0.271. The van der Waals surface area contributed by atoms with Crippen LogP contribution in [0.2, 0.25) is 0 Å². The standard InChI is InChI=1S/C11H13N2O2.W/c1-13-11(15)10(14)9(12)7-8-5-3-2-4-6-8;/h2-6,9,12H,7H2,1H3,(H,13,15);/q-1;+2. The number of carbonyl (C=O) groups is 2. The Morgan fingerprint density at radius 2 is 1.88 bits per heavy atom. The minimum atomic E-state index is -1.02. The van der Waals surface area contributed by atoms with Gasteiger partial charge in [0.2, 0.25) is 5.78 Å². The van der Waals surface area contributed by atoms with Crippen molar-refractivity contribution in [3.63, 3.8) is 0 Å². The minimum absolute atomic E-state index is 0. The van der Waals surface area contributed by atoms with Gasteiger partial charge >= 0.3 is 21.1 Å². The van der Waals surface area contributed by atoms with E-state index >= 15 is 0 Å². The van der Waals surface area contributed by atoms with Crippen LogP contribution in [0.15, 0.2) is 30.3 Å². The second-order valence-corrected chi connectivity index (χ2v) is 3.19. The van der Waals surface area contributed by atoms with Crippen LogP contribution in [0.5, 0.6) is 0 Å². The first-order valence-corrected chi connectivity index (χ1v) is 4.66. The predicted molar refractivity (Wildman–Crippen MR) is 57.3 cm³/mol. The number of ketones is 1. The van der Waals surface area contributed by atoms with Crippen LogP contribution in [0.25, 0.3) is 5.73 Å². The van der Waals surface area contributed by atoms with Crippen LogP contribution >= 0.6 is 0 Å². The Labute approximate surface area is 109 Å². The average molecular weight is 389 g/mol. The fourth-order valence-electron chi connectivity index (χ4n) is 1.22. The Morgan fingerprint density at radius 3 is 2.38 bits per heavy atom. The van der Waals surface area contributed by atoms with Crippen molar-refractivity contribution in [1.29, 1.82) is 0 Å². The molecule has 0 saturated carbocycles. The third-order valence-electron chi connectivity index (χ3n) is 2.05.